The Kier molecular flexibility index (Phi) is 4.00. The second kappa shape index (κ2) is 4.55. The van der Waals surface area contributed by atoms with Crippen LogP contribution in [-0.4, -0.2) is 10.7 Å². The summed E-state index contributed by atoms with van der Waals surface area (Å²) in [6, 6.07) is 0. The van der Waals surface area contributed by atoms with Crippen molar-refractivity contribution in [3.63, 3.8) is 0 Å². The van der Waals surface area contributed by atoms with E-state index in [9.17, 15) is 0 Å². The van der Waals surface area contributed by atoms with Crippen LogP contribution in [0.3, 0.4) is 0 Å². The minimum Gasteiger partial charge on any atom is -0.0880 e. The van der Waals surface area contributed by atoms with Gasteiger partial charge in [0.1, 0.15) is 0 Å². The van der Waals surface area contributed by atoms with E-state index >= 15 is 0 Å². The molecular formula is C8H12Br2. The van der Waals surface area contributed by atoms with Gasteiger partial charge in [0.05, 0.1) is 0 Å². The Morgan fingerprint density at radius 3 is 1.60 bits per heavy atom. The van der Waals surface area contributed by atoms with Gasteiger partial charge in [-0.2, -0.15) is 0 Å². The van der Waals surface area contributed by atoms with Crippen LogP contribution in [0.1, 0.15) is 25.7 Å². The van der Waals surface area contributed by atoms with E-state index < -0.39 is 0 Å². The first-order valence-corrected chi connectivity index (χ1v) is 5.94. The molecule has 0 saturated heterocycles. The van der Waals surface area contributed by atoms with Crippen molar-refractivity contribution in [3.05, 3.63) is 11.1 Å². The Morgan fingerprint density at radius 2 is 1.30 bits per heavy atom. The topological polar surface area (TPSA) is 0 Å². The molecule has 2 heteroatoms. The highest BCUT2D eigenvalue weighted by Crippen LogP contribution is 2.26. The Balaban J connectivity index is 2.63. The molecule has 10 heavy (non-hydrogen) atoms. The van der Waals surface area contributed by atoms with Crippen molar-refractivity contribution in [3.8, 4) is 0 Å². The number of hydrogen-bond acceptors (Lipinski definition) is 0. The average molecular weight is 268 g/mol. The lowest BCUT2D eigenvalue weighted by atomic mass is 9.94. The van der Waals surface area contributed by atoms with Crippen molar-refractivity contribution in [1.82, 2.24) is 0 Å². The first-order chi connectivity index (χ1) is 4.88. The molecule has 0 aromatic carbocycles. The molecular weight excluding hydrogens is 256 g/mol. The van der Waals surface area contributed by atoms with Gasteiger partial charge in [0.2, 0.25) is 0 Å². The second-order valence-corrected chi connectivity index (χ2v) is 3.80. The van der Waals surface area contributed by atoms with Crippen LogP contribution in [0.25, 0.3) is 0 Å². The summed E-state index contributed by atoms with van der Waals surface area (Å²) >= 11 is 7.03. The molecule has 1 aliphatic carbocycles. The van der Waals surface area contributed by atoms with E-state index in [4.69, 9.17) is 0 Å². The van der Waals surface area contributed by atoms with E-state index in [0.29, 0.717) is 0 Å². The highest BCUT2D eigenvalue weighted by atomic mass is 79.9. The van der Waals surface area contributed by atoms with E-state index in [1.807, 2.05) is 0 Å². The molecule has 0 radical (unpaired) electrons. The van der Waals surface area contributed by atoms with Crippen LogP contribution in [-0.2, 0) is 0 Å². The average Bonchev–Trinajstić information content (AvgIpc) is 2.04. The maximum atomic E-state index is 3.51. The number of rotatable bonds is 2. The lowest BCUT2D eigenvalue weighted by Crippen LogP contribution is -2.01. The van der Waals surface area contributed by atoms with Crippen LogP contribution < -0.4 is 0 Å². The maximum absolute atomic E-state index is 3.51. The van der Waals surface area contributed by atoms with E-state index in [2.05, 4.69) is 31.9 Å². The lowest BCUT2D eigenvalue weighted by molar-refractivity contribution is 0.677. The summed E-state index contributed by atoms with van der Waals surface area (Å²) < 4.78 is 0. The number of halogens is 2. The van der Waals surface area contributed by atoms with Gasteiger partial charge in [-0.3, -0.25) is 0 Å². The highest BCUT2D eigenvalue weighted by molar-refractivity contribution is 9.09. The maximum Gasteiger partial charge on any atom is 0.0244 e. The molecule has 0 aliphatic heterocycles. The molecule has 1 rings (SSSR count). The van der Waals surface area contributed by atoms with Gasteiger partial charge in [0.15, 0.2) is 0 Å². The predicted molar refractivity (Wildman–Crippen MR) is 53.1 cm³/mol. The normalized spacial score (nSPS) is 19.8. The summed E-state index contributed by atoms with van der Waals surface area (Å²) in [5.74, 6) is 0. The first kappa shape index (κ1) is 8.79. The summed E-state index contributed by atoms with van der Waals surface area (Å²) in [6.07, 6.45) is 5.40. The lowest BCUT2D eigenvalue weighted by Gasteiger charge is -2.16. The van der Waals surface area contributed by atoms with Gasteiger partial charge in [0.25, 0.3) is 0 Å². The summed E-state index contributed by atoms with van der Waals surface area (Å²) in [4.78, 5) is 0. The monoisotopic (exact) mass is 266 g/mol. The molecule has 0 saturated carbocycles. The second-order valence-electron chi connectivity index (χ2n) is 2.68. The van der Waals surface area contributed by atoms with E-state index in [0.717, 1.165) is 10.7 Å². The SMILES string of the molecule is BrCC1=C(CBr)CCCC1. The van der Waals surface area contributed by atoms with Crippen molar-refractivity contribution in [1.29, 1.82) is 0 Å². The number of hydrogen-bond donors (Lipinski definition) is 0. The van der Waals surface area contributed by atoms with E-state index in [-0.39, 0.29) is 0 Å². The van der Waals surface area contributed by atoms with Gasteiger partial charge in [-0.05, 0) is 25.7 Å². The molecule has 0 aromatic heterocycles. The fourth-order valence-corrected chi connectivity index (χ4v) is 2.71. The fraction of sp³-hybridized carbons (Fsp3) is 0.750. The smallest absolute Gasteiger partial charge is 0.0244 e. The van der Waals surface area contributed by atoms with Crippen LogP contribution in [0.15, 0.2) is 11.1 Å². The molecule has 1 aliphatic rings. The largest absolute Gasteiger partial charge is 0.0880 e. The molecule has 0 heterocycles. The van der Waals surface area contributed by atoms with E-state index in [1.165, 1.54) is 25.7 Å². The van der Waals surface area contributed by atoms with Crippen LogP contribution >= 0.6 is 31.9 Å². The van der Waals surface area contributed by atoms with Gasteiger partial charge in [0, 0.05) is 10.7 Å². The fourth-order valence-electron chi connectivity index (χ4n) is 1.35. The zero-order valence-corrected chi connectivity index (χ0v) is 9.17. The summed E-state index contributed by atoms with van der Waals surface area (Å²) in [5.41, 5.74) is 3.26. The Hall–Kier alpha value is 0.700. The van der Waals surface area contributed by atoms with Crippen LogP contribution in [0.5, 0.6) is 0 Å². The van der Waals surface area contributed by atoms with Crippen molar-refractivity contribution in [2.24, 2.45) is 0 Å². The third-order valence-electron chi connectivity index (χ3n) is 2.03. The van der Waals surface area contributed by atoms with Crippen LogP contribution in [0, 0.1) is 0 Å². The number of alkyl halides is 2. The summed E-state index contributed by atoms with van der Waals surface area (Å²) in [5, 5.41) is 2.15. The van der Waals surface area contributed by atoms with E-state index in [1.54, 1.807) is 11.1 Å². The van der Waals surface area contributed by atoms with Crippen LogP contribution in [0.4, 0.5) is 0 Å². The molecule has 0 bridgehead atoms. The molecule has 0 spiro atoms. The quantitative estimate of drug-likeness (QED) is 0.529. The molecule has 0 fully saturated rings. The van der Waals surface area contributed by atoms with Crippen molar-refractivity contribution in [2.45, 2.75) is 25.7 Å². The van der Waals surface area contributed by atoms with Crippen LogP contribution in [0.2, 0.25) is 0 Å². The number of allylic oxidation sites excluding steroid dienone is 2. The summed E-state index contributed by atoms with van der Waals surface area (Å²) in [6.45, 7) is 0. The first-order valence-electron chi connectivity index (χ1n) is 3.70. The predicted octanol–water partition coefficient (Wildman–Crippen LogP) is 3.65. The minimum atomic E-state index is 1.08. The van der Waals surface area contributed by atoms with Crippen molar-refractivity contribution in [2.75, 3.05) is 10.7 Å². The Labute approximate surface area is 79.3 Å². The molecule has 0 aromatic rings. The molecule has 0 amide bonds. The van der Waals surface area contributed by atoms with Gasteiger partial charge >= 0.3 is 0 Å². The standard InChI is InChI=1S/C8H12Br2/c9-5-7-3-1-2-4-8(7)6-10/h1-6H2. The zero-order valence-electron chi connectivity index (χ0n) is 6.00. The third-order valence-corrected chi connectivity index (χ3v) is 3.38. The molecule has 0 N–H and O–H groups in total. The Morgan fingerprint density at radius 1 is 0.900 bits per heavy atom. The van der Waals surface area contributed by atoms with Crippen molar-refractivity contribution < 1.29 is 0 Å². The van der Waals surface area contributed by atoms with Crippen molar-refractivity contribution >= 4 is 31.9 Å². The van der Waals surface area contributed by atoms with Gasteiger partial charge in [-0.15, -0.1) is 0 Å². The van der Waals surface area contributed by atoms with Gasteiger partial charge in [-0.1, -0.05) is 43.0 Å². The Bertz CT molecular complexity index is 122. The zero-order chi connectivity index (χ0) is 7.40. The molecule has 0 unspecified atom stereocenters. The minimum absolute atomic E-state index is 1.08. The molecule has 0 nitrogen and oxygen atoms in total. The summed E-state index contributed by atoms with van der Waals surface area (Å²) in [7, 11) is 0. The molecule has 58 valence electrons. The molecule has 0 atom stereocenters. The van der Waals surface area contributed by atoms with Gasteiger partial charge in [-0.25, -0.2) is 0 Å². The highest BCUT2D eigenvalue weighted by Gasteiger charge is 2.09. The third kappa shape index (κ3) is 2.09. The van der Waals surface area contributed by atoms with Gasteiger partial charge < -0.3 is 0 Å².